The quantitative estimate of drug-likeness (QED) is 0.520. The number of hydrogen-bond acceptors (Lipinski definition) is 6. The molecule has 0 saturated heterocycles. The van der Waals surface area contributed by atoms with Gasteiger partial charge in [-0.15, -0.1) is 0 Å². The number of aromatic hydroxyl groups is 1. The average molecular weight is 449 g/mol. The van der Waals surface area contributed by atoms with E-state index in [0.717, 1.165) is 60.0 Å². The van der Waals surface area contributed by atoms with Crippen LogP contribution in [0.4, 0.5) is 5.13 Å². The van der Waals surface area contributed by atoms with Crippen LogP contribution in [-0.4, -0.2) is 28.2 Å². The first-order chi connectivity index (χ1) is 15.5. The molecule has 0 saturated carbocycles. The van der Waals surface area contributed by atoms with E-state index in [0.29, 0.717) is 0 Å². The molecule has 7 heteroatoms. The number of nitrogens with zero attached hydrogens (tertiary/aromatic N) is 3. The van der Waals surface area contributed by atoms with Crippen LogP contribution in [0.2, 0.25) is 0 Å². The van der Waals surface area contributed by atoms with Gasteiger partial charge in [-0.3, -0.25) is 9.78 Å². The molecular weight excluding hydrogens is 420 g/mol. The molecule has 2 heterocycles. The fourth-order valence-electron chi connectivity index (χ4n) is 3.41. The highest BCUT2D eigenvalue weighted by molar-refractivity contribution is 7.16. The van der Waals surface area contributed by atoms with Crippen LogP contribution in [0, 0.1) is 11.3 Å². The number of pyridine rings is 1. The summed E-state index contributed by atoms with van der Waals surface area (Å²) in [6.45, 7) is 10.1. The Kier molecular flexibility index (Phi) is 7.85. The van der Waals surface area contributed by atoms with Crippen molar-refractivity contribution in [1.29, 1.82) is 5.26 Å². The van der Waals surface area contributed by atoms with Crippen LogP contribution in [0.15, 0.2) is 35.1 Å². The van der Waals surface area contributed by atoms with Crippen molar-refractivity contribution >= 4 is 29.1 Å². The molecule has 0 spiro atoms. The number of H-pyrrole nitrogens is 1. The van der Waals surface area contributed by atoms with E-state index < -0.39 is 11.4 Å². The van der Waals surface area contributed by atoms with Gasteiger partial charge in [0.15, 0.2) is 5.13 Å². The zero-order valence-corrected chi connectivity index (χ0v) is 19.3. The molecule has 2 N–H and O–H groups in total. The Balaban J connectivity index is 2.22. The molecule has 2 aromatic heterocycles. The maximum atomic E-state index is 12.6. The van der Waals surface area contributed by atoms with E-state index in [2.05, 4.69) is 30.3 Å². The Morgan fingerprint density at radius 1 is 1.22 bits per heavy atom. The fraction of sp³-hybridized carbons (Fsp3) is 0.320. The Hall–Kier alpha value is -3.37. The first-order valence-corrected chi connectivity index (χ1v) is 11.7. The third-order valence-corrected chi connectivity index (χ3v) is 6.31. The minimum absolute atomic E-state index is 0.0330. The lowest BCUT2D eigenvalue weighted by molar-refractivity contribution is 0.449. The molecular formula is C25H28N4O2S. The van der Waals surface area contributed by atoms with Crippen molar-refractivity contribution in [3.63, 3.8) is 0 Å². The molecule has 0 aliphatic heterocycles. The van der Waals surface area contributed by atoms with E-state index in [1.165, 1.54) is 11.3 Å². The molecule has 0 aliphatic carbocycles. The summed E-state index contributed by atoms with van der Waals surface area (Å²) in [6, 6.07) is 11.8. The predicted octanol–water partition coefficient (Wildman–Crippen LogP) is 3.72. The molecule has 3 aromatic rings. The maximum absolute atomic E-state index is 12.6. The Morgan fingerprint density at radius 2 is 1.88 bits per heavy atom. The lowest BCUT2D eigenvalue weighted by atomic mass is 10.1. The summed E-state index contributed by atoms with van der Waals surface area (Å²) >= 11 is 1.53. The number of aromatic nitrogens is 2. The molecule has 0 unspecified atom stereocenters. The number of aromatic amines is 1. The van der Waals surface area contributed by atoms with Crippen molar-refractivity contribution in [1.82, 2.24) is 9.97 Å². The predicted molar refractivity (Wildman–Crippen MR) is 131 cm³/mol. The van der Waals surface area contributed by atoms with Gasteiger partial charge in [0, 0.05) is 29.1 Å². The van der Waals surface area contributed by atoms with E-state index >= 15 is 0 Å². The van der Waals surface area contributed by atoms with Crippen LogP contribution in [0.1, 0.15) is 50.0 Å². The maximum Gasteiger partial charge on any atom is 0.258 e. The van der Waals surface area contributed by atoms with Crippen LogP contribution >= 0.6 is 11.3 Å². The van der Waals surface area contributed by atoms with E-state index in [-0.39, 0.29) is 16.0 Å². The zero-order valence-electron chi connectivity index (χ0n) is 18.5. The van der Waals surface area contributed by atoms with Gasteiger partial charge < -0.3 is 10.0 Å². The van der Waals surface area contributed by atoms with Crippen molar-refractivity contribution < 1.29 is 5.11 Å². The molecule has 0 bridgehead atoms. The number of thiazole rings is 1. The van der Waals surface area contributed by atoms with Gasteiger partial charge in [0.1, 0.15) is 11.6 Å². The van der Waals surface area contributed by atoms with Gasteiger partial charge in [-0.2, -0.15) is 5.26 Å². The SMILES string of the molecule is C=c1c(C#N)c(O)[nH]c(=O)/c1=C\c1sc(N(CCCC)CCCC)nc1-c1ccccc1. The lowest BCUT2D eigenvalue weighted by Crippen LogP contribution is -2.41. The molecule has 0 aliphatic rings. The van der Waals surface area contributed by atoms with Gasteiger partial charge in [-0.25, -0.2) is 4.98 Å². The number of nitrogens with one attached hydrogen (secondary N) is 1. The van der Waals surface area contributed by atoms with Gasteiger partial charge in [0.05, 0.1) is 10.6 Å². The second kappa shape index (κ2) is 10.8. The lowest BCUT2D eigenvalue weighted by Gasteiger charge is -2.21. The Morgan fingerprint density at radius 3 is 2.47 bits per heavy atom. The number of rotatable bonds is 9. The molecule has 166 valence electrons. The van der Waals surface area contributed by atoms with Crippen LogP contribution < -0.4 is 20.9 Å². The van der Waals surface area contributed by atoms with Crippen LogP contribution in [0.25, 0.3) is 23.9 Å². The molecule has 0 amide bonds. The Bertz CT molecular complexity index is 1260. The normalized spacial score (nSPS) is 11.5. The number of unbranched alkanes of at least 4 members (excludes halogenated alkanes) is 2. The van der Waals surface area contributed by atoms with Gasteiger partial charge in [0.25, 0.3) is 5.56 Å². The third-order valence-electron chi connectivity index (χ3n) is 5.25. The monoisotopic (exact) mass is 448 g/mol. The smallest absolute Gasteiger partial charge is 0.258 e. The highest BCUT2D eigenvalue weighted by Crippen LogP contribution is 2.34. The van der Waals surface area contributed by atoms with E-state index in [1.54, 1.807) is 6.08 Å². The van der Waals surface area contributed by atoms with Crippen molar-refractivity contribution in [3.8, 4) is 23.2 Å². The summed E-state index contributed by atoms with van der Waals surface area (Å²) < 4.78 is 0. The number of nitriles is 1. The van der Waals surface area contributed by atoms with Gasteiger partial charge >= 0.3 is 0 Å². The summed E-state index contributed by atoms with van der Waals surface area (Å²) in [5.74, 6) is -0.460. The summed E-state index contributed by atoms with van der Waals surface area (Å²) in [4.78, 5) is 23.0. The van der Waals surface area contributed by atoms with Crippen molar-refractivity contribution in [2.45, 2.75) is 39.5 Å². The van der Waals surface area contributed by atoms with Crippen molar-refractivity contribution in [2.75, 3.05) is 18.0 Å². The molecule has 6 nitrogen and oxygen atoms in total. The molecule has 0 fully saturated rings. The van der Waals surface area contributed by atoms with Gasteiger partial charge in [-0.1, -0.05) is 74.9 Å². The van der Waals surface area contributed by atoms with E-state index in [9.17, 15) is 15.2 Å². The summed E-state index contributed by atoms with van der Waals surface area (Å²) in [7, 11) is 0. The molecule has 1 aromatic carbocycles. The van der Waals surface area contributed by atoms with Gasteiger partial charge in [0.2, 0.25) is 5.88 Å². The number of benzene rings is 1. The van der Waals surface area contributed by atoms with Crippen LogP contribution in [0.3, 0.4) is 0 Å². The van der Waals surface area contributed by atoms with Crippen molar-refractivity contribution in [2.24, 2.45) is 0 Å². The molecule has 0 radical (unpaired) electrons. The summed E-state index contributed by atoms with van der Waals surface area (Å²) in [5, 5.41) is 20.6. The van der Waals surface area contributed by atoms with Crippen LogP contribution in [0.5, 0.6) is 5.88 Å². The highest BCUT2D eigenvalue weighted by atomic mass is 32.1. The average Bonchev–Trinajstić information content (AvgIpc) is 3.21. The topological polar surface area (TPSA) is 93.0 Å². The summed E-state index contributed by atoms with van der Waals surface area (Å²) in [5.41, 5.74) is 1.21. The molecule has 3 rings (SSSR count). The number of hydrogen-bond donors (Lipinski definition) is 2. The minimum atomic E-state index is -0.491. The fourth-order valence-corrected chi connectivity index (χ4v) is 4.50. The summed E-state index contributed by atoms with van der Waals surface area (Å²) in [6.07, 6.45) is 6.08. The first-order valence-electron chi connectivity index (χ1n) is 10.9. The van der Waals surface area contributed by atoms with Gasteiger partial charge in [-0.05, 0) is 18.9 Å². The standard InChI is InChI=1S/C25H28N4O2S/c1-4-6-13-29(14-7-5-2)25-27-22(18-11-9-8-10-12-18)21(32-25)15-19-17(3)20(16-26)24(31)28-23(19)30/h8-12,15,31H,3-7,13-14H2,1-2H3,(H,28,30)/b19-15-. The second-order valence-electron chi connectivity index (χ2n) is 7.60. The molecule has 0 atom stereocenters. The third kappa shape index (κ3) is 5.09. The van der Waals surface area contributed by atoms with Crippen LogP contribution in [-0.2, 0) is 0 Å². The first kappa shape index (κ1) is 23.3. The van der Waals surface area contributed by atoms with E-state index in [4.69, 9.17) is 4.98 Å². The minimum Gasteiger partial charge on any atom is -0.494 e. The second-order valence-corrected chi connectivity index (χ2v) is 8.60. The van der Waals surface area contributed by atoms with E-state index in [1.807, 2.05) is 36.4 Å². The van der Waals surface area contributed by atoms with Crippen molar-refractivity contribution in [3.05, 3.63) is 61.6 Å². The largest absolute Gasteiger partial charge is 0.494 e. The highest BCUT2D eigenvalue weighted by Gasteiger charge is 2.17. The zero-order chi connectivity index (χ0) is 23.1. The number of anilines is 1. The Labute approximate surface area is 191 Å². The molecule has 32 heavy (non-hydrogen) atoms.